The molecule has 1 rings (SSSR count). The zero-order valence-electron chi connectivity index (χ0n) is 10.2. The van der Waals surface area contributed by atoms with E-state index in [4.69, 9.17) is 4.74 Å². The number of allylic oxidation sites excluding steroid dienone is 1. The molecule has 0 radical (unpaired) electrons. The molecule has 0 unspecified atom stereocenters. The van der Waals surface area contributed by atoms with Gasteiger partial charge in [-0.15, -0.1) is 0 Å². The Kier molecular flexibility index (Phi) is 5.39. The van der Waals surface area contributed by atoms with Gasteiger partial charge in [-0.2, -0.15) is 0 Å². The molecule has 16 heavy (non-hydrogen) atoms. The molecular formula is C15H18O. The van der Waals surface area contributed by atoms with Crippen LogP contribution in [0.15, 0.2) is 35.9 Å². The molecule has 84 valence electrons. The fourth-order valence-electron chi connectivity index (χ4n) is 1.11. The molecule has 0 aliphatic heterocycles. The Bertz CT molecular complexity index is 397. The summed E-state index contributed by atoms with van der Waals surface area (Å²) in [5.41, 5.74) is 3.56. The van der Waals surface area contributed by atoms with Crippen LogP contribution in [-0.4, -0.2) is 13.2 Å². The lowest BCUT2D eigenvalue weighted by molar-refractivity contribution is 0.199. The molecule has 1 aromatic carbocycles. The first-order chi connectivity index (χ1) is 7.68. The van der Waals surface area contributed by atoms with Gasteiger partial charge in [-0.1, -0.05) is 41.2 Å². The van der Waals surface area contributed by atoms with Crippen LogP contribution in [0.1, 0.15) is 25.0 Å². The highest BCUT2D eigenvalue weighted by molar-refractivity contribution is 5.35. The third-order valence-corrected chi connectivity index (χ3v) is 2.07. The predicted molar refractivity (Wildman–Crippen MR) is 68.3 cm³/mol. The Labute approximate surface area is 98.1 Å². The molecule has 1 aromatic rings. The molecule has 1 heteroatoms. The molecule has 0 aromatic heterocycles. The summed E-state index contributed by atoms with van der Waals surface area (Å²) in [5, 5.41) is 0. The summed E-state index contributed by atoms with van der Waals surface area (Å²) >= 11 is 0. The summed E-state index contributed by atoms with van der Waals surface area (Å²) in [4.78, 5) is 0. The second kappa shape index (κ2) is 6.87. The molecule has 0 aliphatic rings. The van der Waals surface area contributed by atoms with Crippen molar-refractivity contribution in [3.8, 4) is 11.8 Å². The minimum atomic E-state index is 0.484. The van der Waals surface area contributed by atoms with Gasteiger partial charge in [0, 0.05) is 5.56 Å². The lowest BCUT2D eigenvalue weighted by Crippen LogP contribution is -1.91. The minimum Gasteiger partial charge on any atom is -0.365 e. The van der Waals surface area contributed by atoms with Gasteiger partial charge < -0.3 is 4.74 Å². The zero-order valence-corrected chi connectivity index (χ0v) is 10.2. The van der Waals surface area contributed by atoms with Gasteiger partial charge in [0.1, 0.15) is 6.61 Å². The number of hydrogen-bond donors (Lipinski definition) is 0. The van der Waals surface area contributed by atoms with Crippen molar-refractivity contribution in [3.63, 3.8) is 0 Å². The first-order valence-electron chi connectivity index (χ1n) is 5.45. The monoisotopic (exact) mass is 214 g/mol. The van der Waals surface area contributed by atoms with E-state index in [0.29, 0.717) is 13.2 Å². The maximum atomic E-state index is 5.34. The fraction of sp³-hybridized carbons (Fsp3) is 0.333. The zero-order chi connectivity index (χ0) is 11.8. The highest BCUT2D eigenvalue weighted by atomic mass is 16.5. The Hall–Kier alpha value is -1.52. The molecule has 0 saturated heterocycles. The van der Waals surface area contributed by atoms with E-state index in [1.165, 1.54) is 11.1 Å². The van der Waals surface area contributed by atoms with Crippen LogP contribution in [0.25, 0.3) is 0 Å². The van der Waals surface area contributed by atoms with E-state index in [1.807, 2.05) is 18.2 Å². The summed E-state index contributed by atoms with van der Waals surface area (Å²) in [5.74, 6) is 6.06. The summed E-state index contributed by atoms with van der Waals surface area (Å²) in [6, 6.07) is 8.18. The van der Waals surface area contributed by atoms with Crippen LogP contribution in [0.4, 0.5) is 0 Å². The standard InChI is InChI=1S/C15H18O/c1-13(2)10-12-16-11-4-5-15-8-6-14(3)7-9-15/h6-10H,11-12H2,1-3H3. The van der Waals surface area contributed by atoms with Crippen LogP contribution < -0.4 is 0 Å². The van der Waals surface area contributed by atoms with E-state index in [-0.39, 0.29) is 0 Å². The van der Waals surface area contributed by atoms with E-state index < -0.39 is 0 Å². The molecule has 0 atom stereocenters. The third-order valence-electron chi connectivity index (χ3n) is 2.07. The van der Waals surface area contributed by atoms with E-state index in [1.54, 1.807) is 0 Å². The number of aryl methyl sites for hydroxylation is 1. The predicted octanol–water partition coefficient (Wildman–Crippen LogP) is 3.33. The van der Waals surface area contributed by atoms with Crippen molar-refractivity contribution in [2.45, 2.75) is 20.8 Å². The SMILES string of the molecule is CC(C)=CCOCC#Cc1ccc(C)cc1. The first kappa shape index (κ1) is 12.5. The van der Waals surface area contributed by atoms with E-state index in [0.717, 1.165) is 5.56 Å². The normalized spacial score (nSPS) is 9.19. The summed E-state index contributed by atoms with van der Waals surface area (Å²) in [7, 11) is 0. The van der Waals surface area contributed by atoms with Gasteiger partial charge in [0.15, 0.2) is 0 Å². The summed E-state index contributed by atoms with van der Waals surface area (Å²) in [6.45, 7) is 7.31. The molecule has 0 bridgehead atoms. The smallest absolute Gasteiger partial charge is 0.108 e. The van der Waals surface area contributed by atoms with Crippen molar-refractivity contribution < 1.29 is 4.74 Å². The van der Waals surface area contributed by atoms with Gasteiger partial charge >= 0.3 is 0 Å². The molecule has 0 spiro atoms. The third kappa shape index (κ3) is 5.38. The maximum absolute atomic E-state index is 5.34. The number of hydrogen-bond acceptors (Lipinski definition) is 1. The Morgan fingerprint density at radius 1 is 1.25 bits per heavy atom. The second-order valence-corrected chi connectivity index (χ2v) is 3.96. The van der Waals surface area contributed by atoms with E-state index >= 15 is 0 Å². The molecule has 1 nitrogen and oxygen atoms in total. The van der Waals surface area contributed by atoms with Crippen molar-refractivity contribution in [1.82, 2.24) is 0 Å². The Morgan fingerprint density at radius 3 is 2.56 bits per heavy atom. The molecule has 0 amide bonds. The maximum Gasteiger partial charge on any atom is 0.108 e. The summed E-state index contributed by atoms with van der Waals surface area (Å²) in [6.07, 6.45) is 2.05. The first-order valence-corrected chi connectivity index (χ1v) is 5.45. The van der Waals surface area contributed by atoms with Crippen molar-refractivity contribution in [1.29, 1.82) is 0 Å². The van der Waals surface area contributed by atoms with Crippen molar-refractivity contribution in [2.75, 3.05) is 13.2 Å². The average Bonchev–Trinajstić information content (AvgIpc) is 2.25. The van der Waals surface area contributed by atoms with E-state index in [2.05, 4.69) is 44.7 Å². The quantitative estimate of drug-likeness (QED) is 0.426. The van der Waals surface area contributed by atoms with Crippen LogP contribution in [-0.2, 0) is 4.74 Å². The van der Waals surface area contributed by atoms with Gasteiger partial charge in [0.25, 0.3) is 0 Å². The molecule has 0 heterocycles. The van der Waals surface area contributed by atoms with Crippen LogP contribution in [0.2, 0.25) is 0 Å². The van der Waals surface area contributed by atoms with Crippen molar-refractivity contribution in [2.24, 2.45) is 0 Å². The minimum absolute atomic E-state index is 0.484. The topological polar surface area (TPSA) is 9.23 Å². The second-order valence-electron chi connectivity index (χ2n) is 3.96. The number of ether oxygens (including phenoxy) is 1. The highest BCUT2D eigenvalue weighted by Crippen LogP contribution is 2.00. The largest absolute Gasteiger partial charge is 0.365 e. The lowest BCUT2D eigenvalue weighted by atomic mass is 10.2. The summed E-state index contributed by atoms with van der Waals surface area (Å²) < 4.78 is 5.34. The Morgan fingerprint density at radius 2 is 1.94 bits per heavy atom. The molecule has 0 fully saturated rings. The van der Waals surface area contributed by atoms with Crippen LogP contribution in [0.3, 0.4) is 0 Å². The van der Waals surface area contributed by atoms with Gasteiger partial charge in [-0.3, -0.25) is 0 Å². The molecule has 0 saturated carbocycles. The van der Waals surface area contributed by atoms with Crippen LogP contribution >= 0.6 is 0 Å². The number of rotatable bonds is 3. The fourth-order valence-corrected chi connectivity index (χ4v) is 1.11. The van der Waals surface area contributed by atoms with Gasteiger partial charge in [0.05, 0.1) is 6.61 Å². The van der Waals surface area contributed by atoms with Gasteiger partial charge in [0.2, 0.25) is 0 Å². The average molecular weight is 214 g/mol. The molecular weight excluding hydrogens is 196 g/mol. The van der Waals surface area contributed by atoms with Gasteiger partial charge in [-0.25, -0.2) is 0 Å². The number of benzene rings is 1. The van der Waals surface area contributed by atoms with E-state index in [9.17, 15) is 0 Å². The van der Waals surface area contributed by atoms with Crippen molar-refractivity contribution >= 4 is 0 Å². The van der Waals surface area contributed by atoms with Crippen LogP contribution in [0.5, 0.6) is 0 Å². The molecule has 0 N–H and O–H groups in total. The Balaban J connectivity index is 2.33. The van der Waals surface area contributed by atoms with Gasteiger partial charge in [-0.05, 0) is 32.9 Å². The van der Waals surface area contributed by atoms with Crippen LogP contribution in [0, 0.1) is 18.8 Å². The van der Waals surface area contributed by atoms with Crippen molar-refractivity contribution in [3.05, 3.63) is 47.0 Å². The molecule has 0 aliphatic carbocycles. The highest BCUT2D eigenvalue weighted by Gasteiger charge is 1.85. The lowest BCUT2D eigenvalue weighted by Gasteiger charge is -1.94.